The molecule has 94 valence electrons. The molecule has 1 fully saturated rings. The highest BCUT2D eigenvalue weighted by Crippen LogP contribution is 2.27. The third-order valence-corrected chi connectivity index (χ3v) is 4.06. The lowest BCUT2D eigenvalue weighted by Gasteiger charge is -2.23. The molecule has 1 aliphatic heterocycles. The maximum Gasteiger partial charge on any atom is 0.0478 e. The number of nitrogens with one attached hydrogen (secondary N) is 1. The van der Waals surface area contributed by atoms with Gasteiger partial charge in [0.05, 0.1) is 0 Å². The molecule has 0 radical (unpaired) electrons. The minimum atomic E-state index is 0.767. The monoisotopic (exact) mass is 251 g/mol. The van der Waals surface area contributed by atoms with E-state index >= 15 is 0 Å². The van der Waals surface area contributed by atoms with Crippen LogP contribution in [0.15, 0.2) is 29.2 Å². The lowest BCUT2D eigenvalue weighted by Crippen LogP contribution is -2.22. The molecule has 17 heavy (non-hydrogen) atoms. The number of para-hydroxylation sites is 1. The molecule has 0 atom stereocenters. The molecule has 0 unspecified atom stereocenters. The van der Waals surface area contributed by atoms with Crippen LogP contribution < -0.4 is 5.32 Å². The Kier molecular flexibility index (Phi) is 5.20. The fraction of sp³-hybridized carbons (Fsp3) is 0.571. The van der Waals surface area contributed by atoms with Crippen LogP contribution in [0.25, 0.3) is 0 Å². The average Bonchev–Trinajstić information content (AvgIpc) is 2.39. The summed E-state index contributed by atoms with van der Waals surface area (Å²) < 4.78 is 5.38. The van der Waals surface area contributed by atoms with Gasteiger partial charge in [0.15, 0.2) is 0 Å². The Morgan fingerprint density at radius 2 is 2.06 bits per heavy atom. The number of hydrogen-bond acceptors (Lipinski definition) is 3. The van der Waals surface area contributed by atoms with Gasteiger partial charge in [0.25, 0.3) is 0 Å². The van der Waals surface area contributed by atoms with Crippen molar-refractivity contribution in [2.45, 2.75) is 24.7 Å². The zero-order valence-corrected chi connectivity index (χ0v) is 11.3. The highest BCUT2D eigenvalue weighted by atomic mass is 32.2. The number of benzene rings is 1. The first kappa shape index (κ1) is 12.8. The van der Waals surface area contributed by atoms with Crippen LogP contribution in [0.5, 0.6) is 0 Å². The van der Waals surface area contributed by atoms with Crippen molar-refractivity contribution in [3.8, 4) is 0 Å². The Hall–Kier alpha value is -0.670. The summed E-state index contributed by atoms with van der Waals surface area (Å²) in [6, 6.07) is 8.58. The molecule has 1 aromatic rings. The predicted octanol–water partition coefficient (Wildman–Crippen LogP) is 3.64. The van der Waals surface area contributed by atoms with Crippen LogP contribution in [0.3, 0.4) is 0 Å². The fourth-order valence-corrected chi connectivity index (χ4v) is 2.88. The van der Waals surface area contributed by atoms with Crippen molar-refractivity contribution in [2.75, 3.05) is 30.8 Å². The van der Waals surface area contributed by atoms with Crippen LogP contribution in [0.2, 0.25) is 0 Å². The largest absolute Gasteiger partial charge is 0.384 e. The van der Waals surface area contributed by atoms with E-state index < -0.39 is 0 Å². The summed E-state index contributed by atoms with van der Waals surface area (Å²) in [5, 5.41) is 3.59. The van der Waals surface area contributed by atoms with Crippen molar-refractivity contribution < 1.29 is 4.74 Å². The van der Waals surface area contributed by atoms with Gasteiger partial charge in [-0.2, -0.15) is 0 Å². The van der Waals surface area contributed by atoms with E-state index in [2.05, 4.69) is 36.5 Å². The normalized spacial score (nSPS) is 17.0. The van der Waals surface area contributed by atoms with E-state index in [0.29, 0.717) is 0 Å². The minimum Gasteiger partial charge on any atom is -0.384 e. The molecule has 0 aromatic heterocycles. The summed E-state index contributed by atoms with van der Waals surface area (Å²) in [6.45, 7) is 5.12. The van der Waals surface area contributed by atoms with Gasteiger partial charge in [-0.1, -0.05) is 19.1 Å². The number of thioether (sulfide) groups is 1. The lowest BCUT2D eigenvalue weighted by molar-refractivity contribution is 0.0699. The fourth-order valence-electron chi connectivity index (χ4n) is 2.10. The van der Waals surface area contributed by atoms with Crippen molar-refractivity contribution in [1.82, 2.24) is 0 Å². The summed E-state index contributed by atoms with van der Waals surface area (Å²) in [6.07, 6.45) is 2.38. The van der Waals surface area contributed by atoms with E-state index in [1.807, 2.05) is 11.8 Å². The van der Waals surface area contributed by atoms with E-state index in [9.17, 15) is 0 Å². The van der Waals surface area contributed by atoms with E-state index in [1.165, 1.54) is 23.4 Å². The highest BCUT2D eigenvalue weighted by molar-refractivity contribution is 7.99. The summed E-state index contributed by atoms with van der Waals surface area (Å²) in [7, 11) is 0. The van der Waals surface area contributed by atoms with Gasteiger partial charge in [-0.15, -0.1) is 11.8 Å². The molecule has 1 N–H and O–H groups in total. The molecule has 0 saturated carbocycles. The Labute approximate surface area is 108 Å². The smallest absolute Gasteiger partial charge is 0.0478 e. The first-order valence-corrected chi connectivity index (χ1v) is 7.42. The molecule has 0 bridgehead atoms. The summed E-state index contributed by atoms with van der Waals surface area (Å²) in [5.41, 5.74) is 1.28. The summed E-state index contributed by atoms with van der Waals surface area (Å²) in [4.78, 5) is 1.36. The van der Waals surface area contributed by atoms with E-state index in [1.54, 1.807) is 0 Å². The Bertz CT molecular complexity index is 337. The molecule has 1 saturated heterocycles. The van der Waals surface area contributed by atoms with Crippen molar-refractivity contribution >= 4 is 17.4 Å². The van der Waals surface area contributed by atoms with Crippen LogP contribution in [0.4, 0.5) is 5.69 Å². The minimum absolute atomic E-state index is 0.767. The average molecular weight is 251 g/mol. The van der Waals surface area contributed by atoms with Gasteiger partial charge in [0, 0.05) is 30.3 Å². The van der Waals surface area contributed by atoms with Crippen LogP contribution in [0.1, 0.15) is 19.8 Å². The van der Waals surface area contributed by atoms with Crippen LogP contribution in [0, 0.1) is 5.92 Å². The molecule has 0 amide bonds. The van der Waals surface area contributed by atoms with Gasteiger partial charge >= 0.3 is 0 Å². The van der Waals surface area contributed by atoms with Crippen molar-refractivity contribution in [3.05, 3.63) is 24.3 Å². The number of anilines is 1. The SMILES string of the molecule is CCSc1ccccc1NCC1CCOCC1. The second kappa shape index (κ2) is 6.92. The molecule has 2 nitrogen and oxygen atoms in total. The molecule has 0 spiro atoms. The van der Waals surface area contributed by atoms with Crippen LogP contribution in [-0.2, 0) is 4.74 Å². The first-order valence-electron chi connectivity index (χ1n) is 6.43. The summed E-state index contributed by atoms with van der Waals surface area (Å²) in [5.74, 6) is 1.89. The van der Waals surface area contributed by atoms with Gasteiger partial charge in [-0.25, -0.2) is 0 Å². The Morgan fingerprint density at radius 1 is 1.29 bits per heavy atom. The van der Waals surface area contributed by atoms with Crippen molar-refractivity contribution in [2.24, 2.45) is 5.92 Å². The van der Waals surface area contributed by atoms with E-state index in [0.717, 1.165) is 31.4 Å². The highest BCUT2D eigenvalue weighted by Gasteiger charge is 2.13. The molecular weight excluding hydrogens is 230 g/mol. The maximum atomic E-state index is 5.38. The standard InChI is InChI=1S/C14H21NOS/c1-2-17-14-6-4-3-5-13(14)15-11-12-7-9-16-10-8-12/h3-6,12,15H,2,7-11H2,1H3. The van der Waals surface area contributed by atoms with Crippen LogP contribution in [-0.4, -0.2) is 25.5 Å². The van der Waals surface area contributed by atoms with Gasteiger partial charge in [0.1, 0.15) is 0 Å². The second-order valence-corrected chi connectivity index (χ2v) is 5.67. The first-order chi connectivity index (χ1) is 8.40. The number of rotatable bonds is 5. The molecule has 0 aliphatic carbocycles. The summed E-state index contributed by atoms with van der Waals surface area (Å²) >= 11 is 1.90. The van der Waals surface area contributed by atoms with E-state index in [4.69, 9.17) is 4.74 Å². The third-order valence-electron chi connectivity index (χ3n) is 3.11. The van der Waals surface area contributed by atoms with Crippen molar-refractivity contribution in [1.29, 1.82) is 0 Å². The van der Waals surface area contributed by atoms with Crippen LogP contribution >= 0.6 is 11.8 Å². The second-order valence-electron chi connectivity index (χ2n) is 4.37. The van der Waals surface area contributed by atoms with Gasteiger partial charge in [-0.05, 0) is 36.6 Å². The van der Waals surface area contributed by atoms with E-state index in [-0.39, 0.29) is 0 Å². The Balaban J connectivity index is 1.88. The molecular formula is C14H21NOS. The zero-order chi connectivity index (χ0) is 11.9. The molecule has 1 aliphatic rings. The maximum absolute atomic E-state index is 5.38. The number of ether oxygens (including phenoxy) is 1. The van der Waals surface area contributed by atoms with Crippen molar-refractivity contribution in [3.63, 3.8) is 0 Å². The quantitative estimate of drug-likeness (QED) is 0.807. The van der Waals surface area contributed by atoms with Gasteiger partial charge in [-0.3, -0.25) is 0 Å². The Morgan fingerprint density at radius 3 is 2.82 bits per heavy atom. The molecule has 1 aromatic carbocycles. The predicted molar refractivity (Wildman–Crippen MR) is 74.9 cm³/mol. The van der Waals surface area contributed by atoms with Gasteiger partial charge in [0.2, 0.25) is 0 Å². The van der Waals surface area contributed by atoms with Gasteiger partial charge < -0.3 is 10.1 Å². The molecule has 2 rings (SSSR count). The molecule has 1 heterocycles. The topological polar surface area (TPSA) is 21.3 Å². The zero-order valence-electron chi connectivity index (χ0n) is 10.4. The third kappa shape index (κ3) is 3.93. The molecule has 3 heteroatoms. The lowest BCUT2D eigenvalue weighted by atomic mass is 10.0. The number of hydrogen-bond donors (Lipinski definition) is 1.